The number of rotatable bonds is 0. The van der Waals surface area contributed by atoms with E-state index in [0.717, 1.165) is 0 Å². The van der Waals surface area contributed by atoms with Gasteiger partial charge >= 0.3 is 11.3 Å². The minimum absolute atomic E-state index is 0. The fourth-order valence-corrected chi connectivity index (χ4v) is 0.917. The molecule has 5 nitrogen and oxygen atoms in total. The van der Waals surface area contributed by atoms with Gasteiger partial charge in [-0.2, -0.15) is 0 Å². The molecule has 3 rings (SSSR count). The van der Waals surface area contributed by atoms with Gasteiger partial charge in [0.2, 0.25) is 0 Å². The van der Waals surface area contributed by atoms with Gasteiger partial charge in [-0.25, -0.2) is 18.7 Å². The minimum atomic E-state index is -0.707. The fraction of sp³-hybridized carbons (Fsp3) is 0. The van der Waals surface area contributed by atoms with Crippen LogP contribution in [0.3, 0.4) is 0 Å². The summed E-state index contributed by atoms with van der Waals surface area (Å²) in [7, 11) is 0. The van der Waals surface area contributed by atoms with Gasteiger partial charge in [-0.05, 0) is 24.3 Å². The van der Waals surface area contributed by atoms with Gasteiger partial charge in [0.05, 0.1) is 10.8 Å². The Labute approximate surface area is 89.6 Å². The van der Waals surface area contributed by atoms with Crippen LogP contribution in [-0.2, 0) is 19.5 Å². The average Bonchev–Trinajstić information content (AvgIpc) is 2.25. The quantitative estimate of drug-likeness (QED) is 0.509. The van der Waals surface area contributed by atoms with Gasteiger partial charge in [-0.15, -0.1) is 0 Å². The Morgan fingerprint density at radius 2 is 1.14 bits per heavy atom. The van der Waals surface area contributed by atoms with Gasteiger partial charge in [0.15, 0.2) is 0 Å². The SMILES string of the molecule is O=c1oooc(=O)c2ccc1cc2.[Zn]. The number of hydrogen-bond acceptors (Lipinski definition) is 5. The summed E-state index contributed by atoms with van der Waals surface area (Å²) in [5.74, 6) is 0. The Balaban J connectivity index is 0.000000980. The zero-order chi connectivity index (χ0) is 9.26. The predicted octanol–water partition coefficient (Wildman–Crippen LogP) is 0.899. The molecule has 2 bridgehead atoms. The molecule has 0 radical (unpaired) electrons. The molecule has 0 aliphatic rings. The van der Waals surface area contributed by atoms with E-state index >= 15 is 0 Å². The third-order valence-electron chi connectivity index (χ3n) is 1.58. The van der Waals surface area contributed by atoms with E-state index in [1.807, 2.05) is 0 Å². The second-order valence-corrected chi connectivity index (χ2v) is 2.39. The summed E-state index contributed by atoms with van der Waals surface area (Å²) in [4.78, 5) is 22.0. The maximum atomic E-state index is 11.0. The molecule has 0 aliphatic carbocycles. The van der Waals surface area contributed by atoms with Crippen molar-refractivity contribution in [3.63, 3.8) is 0 Å². The van der Waals surface area contributed by atoms with E-state index in [1.54, 1.807) is 0 Å². The van der Waals surface area contributed by atoms with Crippen molar-refractivity contribution in [3.05, 3.63) is 45.1 Å². The van der Waals surface area contributed by atoms with Crippen molar-refractivity contribution in [1.82, 2.24) is 0 Å². The summed E-state index contributed by atoms with van der Waals surface area (Å²) in [5, 5.41) is 0.587. The van der Waals surface area contributed by atoms with Crippen LogP contribution in [0.4, 0.5) is 0 Å². The monoisotopic (exact) mass is 244 g/mol. The van der Waals surface area contributed by atoms with Gasteiger partial charge < -0.3 is 0 Å². The molecular weight excluding hydrogens is 241 g/mol. The topological polar surface area (TPSA) is 73.6 Å². The third-order valence-corrected chi connectivity index (χ3v) is 1.58. The summed E-state index contributed by atoms with van der Waals surface area (Å²) in [6, 6.07) is 5.81. The summed E-state index contributed by atoms with van der Waals surface area (Å²) in [5.41, 5.74) is -1.41. The Morgan fingerprint density at radius 3 is 1.50 bits per heavy atom. The first-order chi connectivity index (χ1) is 6.27. The van der Waals surface area contributed by atoms with Crippen molar-refractivity contribution in [1.29, 1.82) is 0 Å². The van der Waals surface area contributed by atoms with Crippen LogP contribution in [0.5, 0.6) is 0 Å². The van der Waals surface area contributed by atoms with E-state index in [4.69, 9.17) is 0 Å². The zero-order valence-electron chi connectivity index (χ0n) is 7.06. The molecule has 2 aromatic heterocycles. The molecule has 0 spiro atoms. The van der Waals surface area contributed by atoms with Crippen LogP contribution < -0.4 is 11.3 Å². The van der Waals surface area contributed by atoms with Gasteiger partial charge in [-0.1, -0.05) is 4.74 Å². The standard InChI is InChI=1S/C8H4O5.Zn/c9-7-5-1-2-6(4-3-5)8(10)12-13-11-7;/h1-4H;. The van der Waals surface area contributed by atoms with Crippen LogP contribution >= 0.6 is 0 Å². The van der Waals surface area contributed by atoms with Gasteiger partial charge in [0.1, 0.15) is 0 Å². The smallest absolute Gasteiger partial charge is 0.241 e. The van der Waals surface area contributed by atoms with Crippen molar-refractivity contribution >= 4 is 10.8 Å². The molecule has 0 saturated carbocycles. The number of hydrogen-bond donors (Lipinski definition) is 0. The molecule has 0 N–H and O–H groups in total. The van der Waals surface area contributed by atoms with Crippen LogP contribution in [-0.4, -0.2) is 0 Å². The normalized spacial score (nSPS) is 9.43. The van der Waals surface area contributed by atoms with Crippen LogP contribution in [0.1, 0.15) is 0 Å². The van der Waals surface area contributed by atoms with Crippen LogP contribution in [0, 0.1) is 0 Å². The Morgan fingerprint density at radius 1 is 0.786 bits per heavy atom. The van der Waals surface area contributed by atoms with E-state index < -0.39 is 11.3 Å². The van der Waals surface area contributed by atoms with Gasteiger partial charge in [0, 0.05) is 19.5 Å². The minimum Gasteiger partial charge on any atom is -0.241 e. The first kappa shape index (κ1) is 10.7. The first-order valence-electron chi connectivity index (χ1n) is 3.47. The maximum Gasteiger partial charge on any atom is 0.390 e. The van der Waals surface area contributed by atoms with Crippen LogP contribution in [0.2, 0.25) is 0 Å². The summed E-state index contributed by atoms with van der Waals surface area (Å²) in [6.45, 7) is 0. The van der Waals surface area contributed by atoms with Crippen molar-refractivity contribution in [3.8, 4) is 0 Å². The molecule has 0 amide bonds. The van der Waals surface area contributed by atoms with Crippen molar-refractivity contribution in [2.24, 2.45) is 0 Å². The number of benzene rings is 1. The summed E-state index contributed by atoms with van der Waals surface area (Å²) < 4.78 is 12.2. The average molecular weight is 246 g/mol. The molecule has 3 aromatic rings. The Hall–Kier alpha value is -1.42. The van der Waals surface area contributed by atoms with Crippen LogP contribution in [0.15, 0.2) is 47.7 Å². The largest absolute Gasteiger partial charge is 0.390 e. The van der Waals surface area contributed by atoms with Crippen molar-refractivity contribution in [2.75, 3.05) is 0 Å². The van der Waals surface area contributed by atoms with E-state index in [0.29, 0.717) is 10.8 Å². The molecule has 68 valence electrons. The second kappa shape index (κ2) is 4.20. The molecule has 0 saturated heterocycles. The maximum absolute atomic E-state index is 11.0. The molecule has 1 aromatic carbocycles. The Bertz CT molecular complexity index is 492. The predicted molar refractivity (Wildman–Crippen MR) is 42.1 cm³/mol. The van der Waals surface area contributed by atoms with Crippen molar-refractivity contribution < 1.29 is 33.4 Å². The zero-order valence-corrected chi connectivity index (χ0v) is 10.0. The fourth-order valence-electron chi connectivity index (χ4n) is 0.917. The molecule has 2 heterocycles. The first-order valence-corrected chi connectivity index (χ1v) is 3.47. The van der Waals surface area contributed by atoms with Gasteiger partial charge in [-0.3, -0.25) is 0 Å². The molecular formula is C8H4O5Zn. The Kier molecular flexibility index (Phi) is 3.20. The number of fused-ring (bicyclic) bond motifs is 6. The summed E-state index contributed by atoms with van der Waals surface area (Å²) in [6.07, 6.45) is 0. The molecule has 0 fully saturated rings. The third kappa shape index (κ3) is 1.91. The second-order valence-electron chi connectivity index (χ2n) is 2.39. The molecule has 6 heteroatoms. The molecule has 0 unspecified atom stereocenters. The van der Waals surface area contributed by atoms with E-state index in [-0.39, 0.29) is 19.5 Å². The molecule has 0 atom stereocenters. The molecule has 14 heavy (non-hydrogen) atoms. The van der Waals surface area contributed by atoms with Crippen LogP contribution in [0.25, 0.3) is 10.8 Å². The van der Waals surface area contributed by atoms with E-state index in [9.17, 15) is 9.59 Å². The molecule has 0 aliphatic heterocycles. The van der Waals surface area contributed by atoms with E-state index in [1.165, 1.54) is 24.3 Å². The summed E-state index contributed by atoms with van der Waals surface area (Å²) >= 11 is 0. The van der Waals surface area contributed by atoms with Crippen molar-refractivity contribution in [2.45, 2.75) is 0 Å². The van der Waals surface area contributed by atoms with Gasteiger partial charge in [0.25, 0.3) is 0 Å². The van der Waals surface area contributed by atoms with E-state index in [2.05, 4.69) is 13.9 Å².